The zero-order valence-electron chi connectivity index (χ0n) is 20.5. The smallest absolute Gasteiger partial charge is 0.178 e. The first-order valence-corrected chi connectivity index (χ1v) is 12.4. The molecule has 0 bridgehead atoms. The van der Waals surface area contributed by atoms with Crippen LogP contribution in [-0.2, 0) is 6.42 Å². The fraction of sp³-hybridized carbons (Fsp3) is 0.407. The Bertz CT molecular complexity index is 1220. The zero-order valence-corrected chi connectivity index (χ0v) is 20.5. The Morgan fingerprint density at radius 3 is 2.69 bits per heavy atom. The van der Waals surface area contributed by atoms with E-state index in [2.05, 4.69) is 20.2 Å². The van der Waals surface area contributed by atoms with Gasteiger partial charge in [0.1, 0.15) is 18.1 Å². The molecule has 190 valence electrons. The summed E-state index contributed by atoms with van der Waals surface area (Å²) in [4.78, 5) is 12.9. The molecule has 2 aliphatic rings. The van der Waals surface area contributed by atoms with E-state index in [1.54, 1.807) is 6.07 Å². The largest absolute Gasteiger partial charge is 0.486 e. The van der Waals surface area contributed by atoms with E-state index in [4.69, 9.17) is 4.74 Å². The van der Waals surface area contributed by atoms with Crippen molar-refractivity contribution in [3.63, 3.8) is 0 Å². The molecule has 1 atom stereocenters. The highest BCUT2D eigenvalue weighted by atomic mass is 19.1. The van der Waals surface area contributed by atoms with E-state index in [1.165, 1.54) is 6.07 Å². The standard InChI is InChI=1S/C27H31F2N5O2/c1-17(2)33-9-10-36-27-22(28)12-19(13-24(27)33)26-23(29)15-31-25(32-26)11-18-3-5-20(6-4-18)34-8-7-30-14-21(34)16-35/h3-6,12-13,15,17,21,30,35H,7-11,14,16H2,1-2H3. The Morgan fingerprint density at radius 1 is 1.14 bits per heavy atom. The van der Waals surface area contributed by atoms with Crippen LogP contribution < -0.4 is 19.9 Å². The number of piperazine rings is 1. The number of fused-ring (bicyclic) bond motifs is 1. The molecule has 0 amide bonds. The first kappa shape index (κ1) is 24.4. The first-order chi connectivity index (χ1) is 17.4. The van der Waals surface area contributed by atoms with Gasteiger partial charge in [0, 0.05) is 43.3 Å². The van der Waals surface area contributed by atoms with Crippen molar-refractivity contribution in [1.82, 2.24) is 15.3 Å². The average Bonchev–Trinajstić information content (AvgIpc) is 2.89. The Morgan fingerprint density at radius 2 is 1.94 bits per heavy atom. The predicted molar refractivity (Wildman–Crippen MR) is 136 cm³/mol. The SMILES string of the molecule is CC(C)N1CCOc2c(F)cc(-c3nc(Cc4ccc(N5CCNCC5CO)cc4)ncc3F)cc21. The van der Waals surface area contributed by atoms with E-state index in [1.807, 2.05) is 43.0 Å². The molecule has 0 radical (unpaired) electrons. The van der Waals surface area contributed by atoms with Crippen LogP contribution in [0.4, 0.5) is 20.2 Å². The lowest BCUT2D eigenvalue weighted by molar-refractivity contribution is 0.246. The van der Waals surface area contributed by atoms with E-state index in [0.717, 1.165) is 37.1 Å². The third-order valence-electron chi connectivity index (χ3n) is 6.79. The molecule has 3 aromatic rings. The van der Waals surface area contributed by atoms with Crippen molar-refractivity contribution in [2.75, 3.05) is 49.2 Å². The monoisotopic (exact) mass is 495 g/mol. The van der Waals surface area contributed by atoms with Crippen LogP contribution in [0, 0.1) is 11.6 Å². The first-order valence-electron chi connectivity index (χ1n) is 12.4. The fourth-order valence-corrected chi connectivity index (χ4v) is 4.92. The Balaban J connectivity index is 1.40. The molecule has 1 aromatic heterocycles. The predicted octanol–water partition coefficient (Wildman–Crippen LogP) is 3.39. The lowest BCUT2D eigenvalue weighted by Gasteiger charge is -2.37. The molecule has 0 spiro atoms. The summed E-state index contributed by atoms with van der Waals surface area (Å²) in [6.07, 6.45) is 1.56. The van der Waals surface area contributed by atoms with Crippen LogP contribution in [0.25, 0.3) is 11.3 Å². The van der Waals surface area contributed by atoms with Crippen LogP contribution >= 0.6 is 0 Å². The van der Waals surface area contributed by atoms with Gasteiger partial charge in [-0.2, -0.15) is 0 Å². The van der Waals surface area contributed by atoms with E-state index < -0.39 is 11.6 Å². The van der Waals surface area contributed by atoms with Crippen LogP contribution in [-0.4, -0.2) is 66.6 Å². The van der Waals surface area contributed by atoms with Crippen LogP contribution in [0.1, 0.15) is 25.2 Å². The molecule has 3 heterocycles. The van der Waals surface area contributed by atoms with Gasteiger partial charge in [0.2, 0.25) is 0 Å². The second-order valence-electron chi connectivity index (χ2n) is 9.50. The van der Waals surface area contributed by atoms with E-state index in [-0.39, 0.29) is 30.1 Å². The Kier molecular flexibility index (Phi) is 7.02. The summed E-state index contributed by atoms with van der Waals surface area (Å²) in [5.41, 5.74) is 3.05. The van der Waals surface area contributed by atoms with Gasteiger partial charge in [-0.15, -0.1) is 0 Å². The minimum Gasteiger partial charge on any atom is -0.486 e. The molecule has 7 nitrogen and oxygen atoms in total. The van der Waals surface area contributed by atoms with Gasteiger partial charge >= 0.3 is 0 Å². The number of hydrogen-bond donors (Lipinski definition) is 2. The molecular formula is C27H31F2N5O2. The summed E-state index contributed by atoms with van der Waals surface area (Å²) < 4.78 is 35.3. The maximum Gasteiger partial charge on any atom is 0.178 e. The summed E-state index contributed by atoms with van der Waals surface area (Å²) in [5, 5.41) is 13.0. The normalized spacial score (nSPS) is 17.8. The molecule has 1 saturated heterocycles. The number of anilines is 2. The van der Waals surface area contributed by atoms with Crippen LogP contribution in [0.5, 0.6) is 5.75 Å². The van der Waals surface area contributed by atoms with Crippen molar-refractivity contribution >= 4 is 11.4 Å². The minimum atomic E-state index is -0.602. The van der Waals surface area contributed by atoms with E-state index in [0.29, 0.717) is 36.6 Å². The van der Waals surface area contributed by atoms with Crippen molar-refractivity contribution < 1.29 is 18.6 Å². The van der Waals surface area contributed by atoms with Crippen molar-refractivity contribution in [3.05, 3.63) is 65.6 Å². The van der Waals surface area contributed by atoms with Gasteiger partial charge in [-0.1, -0.05) is 12.1 Å². The van der Waals surface area contributed by atoms with Gasteiger partial charge in [0.25, 0.3) is 0 Å². The summed E-state index contributed by atoms with van der Waals surface area (Å²) in [6.45, 7) is 7.62. The number of aliphatic hydroxyl groups is 1. The molecule has 2 N–H and O–H groups in total. The molecule has 5 rings (SSSR count). The number of nitrogens with zero attached hydrogens (tertiary/aromatic N) is 4. The highest BCUT2D eigenvalue weighted by Crippen LogP contribution is 2.39. The zero-order chi connectivity index (χ0) is 25.2. The molecule has 1 fully saturated rings. The van der Waals surface area contributed by atoms with Gasteiger partial charge in [-0.3, -0.25) is 0 Å². The van der Waals surface area contributed by atoms with Crippen LogP contribution in [0.2, 0.25) is 0 Å². The highest BCUT2D eigenvalue weighted by molar-refractivity contribution is 5.72. The maximum absolute atomic E-state index is 14.9. The Hall–Kier alpha value is -3.30. The van der Waals surface area contributed by atoms with E-state index in [9.17, 15) is 13.9 Å². The lowest BCUT2D eigenvalue weighted by Crippen LogP contribution is -2.53. The van der Waals surface area contributed by atoms with Crippen molar-refractivity contribution in [2.45, 2.75) is 32.4 Å². The summed E-state index contributed by atoms with van der Waals surface area (Å²) in [6, 6.07) is 11.2. The van der Waals surface area contributed by atoms with Crippen LogP contribution in [0.15, 0.2) is 42.6 Å². The molecule has 0 aliphatic carbocycles. The second-order valence-corrected chi connectivity index (χ2v) is 9.50. The maximum atomic E-state index is 14.9. The number of rotatable bonds is 6. The minimum absolute atomic E-state index is 0.0432. The highest BCUT2D eigenvalue weighted by Gasteiger charge is 2.26. The Labute approximate surface area is 209 Å². The summed E-state index contributed by atoms with van der Waals surface area (Å²) in [5.74, 6) is -0.488. The lowest BCUT2D eigenvalue weighted by atomic mass is 10.1. The average molecular weight is 496 g/mol. The summed E-state index contributed by atoms with van der Waals surface area (Å²) in [7, 11) is 0. The summed E-state index contributed by atoms with van der Waals surface area (Å²) >= 11 is 0. The number of benzene rings is 2. The third-order valence-corrected chi connectivity index (χ3v) is 6.79. The number of aliphatic hydroxyl groups excluding tert-OH is 1. The molecule has 1 unspecified atom stereocenters. The molecule has 2 aliphatic heterocycles. The number of ether oxygens (including phenoxy) is 1. The van der Waals surface area contributed by atoms with Gasteiger partial charge in [-0.25, -0.2) is 18.7 Å². The molecule has 0 saturated carbocycles. The molecule has 36 heavy (non-hydrogen) atoms. The van der Waals surface area contributed by atoms with Gasteiger partial charge < -0.3 is 25.0 Å². The van der Waals surface area contributed by atoms with Gasteiger partial charge in [0.05, 0.1) is 31.1 Å². The fourth-order valence-electron chi connectivity index (χ4n) is 4.92. The van der Waals surface area contributed by atoms with Crippen molar-refractivity contribution in [1.29, 1.82) is 0 Å². The second kappa shape index (κ2) is 10.4. The number of halogens is 2. The quantitative estimate of drug-likeness (QED) is 0.543. The van der Waals surface area contributed by atoms with Gasteiger partial charge in [-0.05, 0) is 43.7 Å². The third kappa shape index (κ3) is 4.85. The molecular weight excluding hydrogens is 464 g/mol. The van der Waals surface area contributed by atoms with Gasteiger partial charge in [0.15, 0.2) is 17.4 Å². The van der Waals surface area contributed by atoms with E-state index >= 15 is 0 Å². The van der Waals surface area contributed by atoms with Crippen LogP contribution in [0.3, 0.4) is 0 Å². The number of aromatic nitrogens is 2. The number of nitrogens with one attached hydrogen (secondary N) is 1. The van der Waals surface area contributed by atoms with Crippen molar-refractivity contribution in [2.24, 2.45) is 0 Å². The topological polar surface area (TPSA) is 73.8 Å². The number of hydrogen-bond acceptors (Lipinski definition) is 7. The van der Waals surface area contributed by atoms with Crippen molar-refractivity contribution in [3.8, 4) is 17.0 Å². The molecule has 9 heteroatoms. The molecule has 2 aromatic carbocycles.